The quantitative estimate of drug-likeness (QED) is 0.607. The van der Waals surface area contributed by atoms with Crippen molar-refractivity contribution in [2.24, 2.45) is 5.73 Å². The minimum absolute atomic E-state index is 0.248. The number of hydrogen-bond acceptors (Lipinski definition) is 2. The Balaban J connectivity index is 3.51. The molecule has 0 rings (SSSR count). The van der Waals surface area contributed by atoms with Gasteiger partial charge in [0.15, 0.2) is 0 Å². The van der Waals surface area contributed by atoms with E-state index >= 15 is 0 Å². The van der Waals surface area contributed by atoms with Crippen LogP contribution in [0, 0.1) is 0 Å². The molecule has 0 amide bonds. The van der Waals surface area contributed by atoms with Crippen LogP contribution in [0.4, 0.5) is 0 Å². The van der Waals surface area contributed by atoms with E-state index in [1.807, 2.05) is 14.1 Å². The molecule has 0 radical (unpaired) electrons. The van der Waals surface area contributed by atoms with E-state index < -0.39 is 0 Å². The Morgan fingerprint density at radius 2 is 2.09 bits per heavy atom. The molecular formula is C9H20N2. The molecule has 1 unspecified atom stereocenters. The van der Waals surface area contributed by atoms with Crippen molar-refractivity contribution < 1.29 is 0 Å². The van der Waals surface area contributed by atoms with Crippen molar-refractivity contribution in [2.45, 2.75) is 25.8 Å². The van der Waals surface area contributed by atoms with Gasteiger partial charge < -0.3 is 10.6 Å². The van der Waals surface area contributed by atoms with Crippen LogP contribution in [0.3, 0.4) is 0 Å². The summed E-state index contributed by atoms with van der Waals surface area (Å²) in [6.07, 6.45) is 2.00. The lowest BCUT2D eigenvalue weighted by Crippen LogP contribution is -2.33. The van der Waals surface area contributed by atoms with Crippen molar-refractivity contribution in [3.8, 4) is 0 Å². The van der Waals surface area contributed by atoms with Gasteiger partial charge in [-0.25, -0.2) is 0 Å². The Kier molecular flexibility index (Phi) is 5.16. The summed E-state index contributed by atoms with van der Waals surface area (Å²) in [5, 5.41) is 0. The zero-order chi connectivity index (χ0) is 8.85. The molecule has 66 valence electrons. The van der Waals surface area contributed by atoms with Crippen molar-refractivity contribution >= 4 is 0 Å². The molecule has 0 spiro atoms. The lowest BCUT2D eigenvalue weighted by atomic mass is 10.1. The maximum atomic E-state index is 5.85. The van der Waals surface area contributed by atoms with Crippen LogP contribution in [0.25, 0.3) is 0 Å². The summed E-state index contributed by atoms with van der Waals surface area (Å²) < 4.78 is 0. The molecule has 0 fully saturated rings. The van der Waals surface area contributed by atoms with Crippen LogP contribution in [0.1, 0.15) is 19.8 Å². The van der Waals surface area contributed by atoms with Gasteiger partial charge in [-0.3, -0.25) is 0 Å². The first-order chi connectivity index (χ1) is 5.06. The summed E-state index contributed by atoms with van der Waals surface area (Å²) >= 11 is 0. The molecule has 0 aromatic rings. The van der Waals surface area contributed by atoms with Gasteiger partial charge in [0, 0.05) is 12.6 Å². The van der Waals surface area contributed by atoms with E-state index in [1.54, 1.807) is 0 Å². The highest BCUT2D eigenvalue weighted by atomic mass is 15.1. The smallest absolute Gasteiger partial charge is 0.0205 e. The standard InChI is InChI=1S/C9H20N2/c1-5-8(2)6-9(10)7-11(3)4/h9H,2,5-7,10H2,1,3-4H3. The van der Waals surface area contributed by atoms with Crippen molar-refractivity contribution in [1.82, 2.24) is 4.90 Å². The first-order valence-corrected chi connectivity index (χ1v) is 4.13. The lowest BCUT2D eigenvalue weighted by molar-refractivity contribution is 0.370. The average molecular weight is 156 g/mol. The summed E-state index contributed by atoms with van der Waals surface area (Å²) in [6, 6.07) is 0.248. The van der Waals surface area contributed by atoms with E-state index in [0.717, 1.165) is 19.4 Å². The van der Waals surface area contributed by atoms with Gasteiger partial charge in [-0.15, -0.1) is 0 Å². The minimum atomic E-state index is 0.248. The zero-order valence-electron chi connectivity index (χ0n) is 7.93. The fourth-order valence-corrected chi connectivity index (χ4v) is 1.05. The van der Waals surface area contributed by atoms with Crippen molar-refractivity contribution in [3.63, 3.8) is 0 Å². The van der Waals surface area contributed by atoms with Gasteiger partial charge in [0.05, 0.1) is 0 Å². The van der Waals surface area contributed by atoms with Crippen LogP contribution in [-0.4, -0.2) is 31.6 Å². The van der Waals surface area contributed by atoms with Crippen molar-refractivity contribution in [1.29, 1.82) is 0 Å². The van der Waals surface area contributed by atoms with Crippen LogP contribution in [0.15, 0.2) is 12.2 Å². The first kappa shape index (κ1) is 10.7. The predicted molar refractivity (Wildman–Crippen MR) is 50.6 cm³/mol. The van der Waals surface area contributed by atoms with Gasteiger partial charge in [-0.2, -0.15) is 0 Å². The molecule has 0 heterocycles. The number of rotatable bonds is 5. The van der Waals surface area contributed by atoms with E-state index in [1.165, 1.54) is 5.57 Å². The van der Waals surface area contributed by atoms with Crippen molar-refractivity contribution in [2.75, 3.05) is 20.6 Å². The molecule has 1 atom stereocenters. The second-order valence-corrected chi connectivity index (χ2v) is 3.33. The third kappa shape index (κ3) is 6.07. The van der Waals surface area contributed by atoms with E-state index in [9.17, 15) is 0 Å². The Hall–Kier alpha value is -0.340. The third-order valence-corrected chi connectivity index (χ3v) is 1.65. The van der Waals surface area contributed by atoms with Crippen LogP contribution >= 0.6 is 0 Å². The van der Waals surface area contributed by atoms with Gasteiger partial charge in [-0.1, -0.05) is 19.1 Å². The Labute approximate surface area is 70.1 Å². The molecule has 0 saturated carbocycles. The highest BCUT2D eigenvalue weighted by molar-refractivity contribution is 4.96. The molecule has 0 bridgehead atoms. The fraction of sp³-hybridized carbons (Fsp3) is 0.778. The highest BCUT2D eigenvalue weighted by Gasteiger charge is 2.04. The average Bonchev–Trinajstić information content (AvgIpc) is 1.85. The van der Waals surface area contributed by atoms with Gasteiger partial charge in [0.25, 0.3) is 0 Å². The van der Waals surface area contributed by atoms with E-state index in [-0.39, 0.29) is 6.04 Å². The van der Waals surface area contributed by atoms with Crippen LogP contribution < -0.4 is 5.73 Å². The SMILES string of the molecule is C=C(CC)CC(N)CN(C)C. The van der Waals surface area contributed by atoms with Gasteiger partial charge in [-0.05, 0) is 26.9 Å². The monoisotopic (exact) mass is 156 g/mol. The second kappa shape index (κ2) is 5.33. The molecular weight excluding hydrogens is 136 g/mol. The molecule has 0 aliphatic carbocycles. The number of nitrogens with zero attached hydrogens (tertiary/aromatic N) is 1. The summed E-state index contributed by atoms with van der Waals surface area (Å²) in [5.74, 6) is 0. The highest BCUT2D eigenvalue weighted by Crippen LogP contribution is 2.05. The number of hydrogen-bond donors (Lipinski definition) is 1. The molecule has 11 heavy (non-hydrogen) atoms. The molecule has 0 aromatic heterocycles. The first-order valence-electron chi connectivity index (χ1n) is 4.13. The molecule has 2 nitrogen and oxygen atoms in total. The largest absolute Gasteiger partial charge is 0.326 e. The number of nitrogens with two attached hydrogens (primary N) is 1. The van der Waals surface area contributed by atoms with E-state index in [0.29, 0.717) is 0 Å². The van der Waals surface area contributed by atoms with Gasteiger partial charge >= 0.3 is 0 Å². The Morgan fingerprint density at radius 1 is 1.55 bits per heavy atom. The molecule has 2 N–H and O–H groups in total. The fourth-order valence-electron chi connectivity index (χ4n) is 1.05. The molecule has 0 aliphatic heterocycles. The summed E-state index contributed by atoms with van der Waals surface area (Å²) in [4.78, 5) is 2.10. The zero-order valence-corrected chi connectivity index (χ0v) is 7.93. The molecule has 0 saturated heterocycles. The third-order valence-electron chi connectivity index (χ3n) is 1.65. The second-order valence-electron chi connectivity index (χ2n) is 3.33. The normalized spacial score (nSPS) is 13.5. The summed E-state index contributed by atoms with van der Waals surface area (Å²) in [6.45, 7) is 6.98. The topological polar surface area (TPSA) is 29.3 Å². The predicted octanol–water partition coefficient (Wildman–Crippen LogP) is 1.23. The van der Waals surface area contributed by atoms with Gasteiger partial charge in [0.1, 0.15) is 0 Å². The van der Waals surface area contributed by atoms with Crippen LogP contribution in [0.5, 0.6) is 0 Å². The maximum Gasteiger partial charge on any atom is 0.0205 e. The molecule has 2 heteroatoms. The Morgan fingerprint density at radius 3 is 2.45 bits per heavy atom. The van der Waals surface area contributed by atoms with Gasteiger partial charge in [0.2, 0.25) is 0 Å². The number of likely N-dealkylation sites (N-methyl/N-ethyl adjacent to an activating group) is 1. The van der Waals surface area contributed by atoms with Crippen LogP contribution in [-0.2, 0) is 0 Å². The minimum Gasteiger partial charge on any atom is -0.326 e. The van der Waals surface area contributed by atoms with Crippen molar-refractivity contribution in [3.05, 3.63) is 12.2 Å². The molecule has 0 aliphatic rings. The van der Waals surface area contributed by atoms with E-state index in [4.69, 9.17) is 5.73 Å². The van der Waals surface area contributed by atoms with E-state index in [2.05, 4.69) is 18.4 Å². The molecule has 0 aromatic carbocycles. The summed E-state index contributed by atoms with van der Waals surface area (Å²) in [5.41, 5.74) is 7.10. The maximum absolute atomic E-state index is 5.85. The summed E-state index contributed by atoms with van der Waals surface area (Å²) in [7, 11) is 4.07. The van der Waals surface area contributed by atoms with Crippen LogP contribution in [0.2, 0.25) is 0 Å². The Bertz CT molecular complexity index is 119. The lowest BCUT2D eigenvalue weighted by Gasteiger charge is -2.17.